The van der Waals surface area contributed by atoms with E-state index in [9.17, 15) is 9.90 Å². The van der Waals surface area contributed by atoms with Gasteiger partial charge in [-0.3, -0.25) is 4.79 Å². The zero-order chi connectivity index (χ0) is 12.3. The molecule has 0 radical (unpaired) electrons. The normalized spacial score (nSPS) is 14.6. The van der Waals surface area contributed by atoms with Crippen molar-refractivity contribution in [1.82, 2.24) is 10.3 Å². The summed E-state index contributed by atoms with van der Waals surface area (Å²) in [6.07, 6.45) is 0.605. The predicted octanol–water partition coefficient (Wildman–Crippen LogP) is 1.65. The molecule has 1 rings (SSSR count). The van der Waals surface area contributed by atoms with Crippen LogP contribution in [0.5, 0.6) is 0 Å². The lowest BCUT2D eigenvalue weighted by Crippen LogP contribution is -2.40. The molecule has 1 aromatic heterocycles. The zero-order valence-electron chi connectivity index (χ0n) is 10.1. The van der Waals surface area contributed by atoms with Crippen molar-refractivity contribution in [2.45, 2.75) is 39.7 Å². The molecule has 1 unspecified atom stereocenters. The predicted molar refractivity (Wildman–Crippen MR) is 64.8 cm³/mol. The lowest BCUT2D eigenvalue weighted by molar-refractivity contribution is 0.0519. The van der Waals surface area contributed by atoms with Gasteiger partial charge in [-0.25, -0.2) is 4.98 Å². The number of rotatable bonds is 4. The molecule has 0 spiro atoms. The first-order valence-corrected chi connectivity index (χ1v) is 6.12. The number of carbonyl (C=O) groups is 1. The minimum absolute atomic E-state index is 0.156. The summed E-state index contributed by atoms with van der Waals surface area (Å²) in [5, 5.41) is 13.4. The van der Waals surface area contributed by atoms with E-state index in [2.05, 4.69) is 10.3 Å². The second-order valence-electron chi connectivity index (χ2n) is 4.18. The molecule has 0 aliphatic heterocycles. The SMILES string of the molecule is CCC(C)(O)CNC(=O)c1sc(C)nc1C. The number of carbonyl (C=O) groups excluding carboxylic acids is 1. The molecule has 2 N–H and O–H groups in total. The molecule has 0 aromatic carbocycles. The van der Waals surface area contributed by atoms with E-state index in [0.29, 0.717) is 11.3 Å². The van der Waals surface area contributed by atoms with E-state index in [0.717, 1.165) is 10.7 Å². The zero-order valence-corrected chi connectivity index (χ0v) is 10.9. The number of amides is 1. The van der Waals surface area contributed by atoms with E-state index in [-0.39, 0.29) is 12.5 Å². The van der Waals surface area contributed by atoms with Crippen LogP contribution in [0.4, 0.5) is 0 Å². The van der Waals surface area contributed by atoms with Gasteiger partial charge in [-0.1, -0.05) is 6.92 Å². The number of hydrogen-bond acceptors (Lipinski definition) is 4. The Bertz CT molecular complexity index is 385. The maximum Gasteiger partial charge on any atom is 0.263 e. The van der Waals surface area contributed by atoms with Crippen LogP contribution in [0.1, 0.15) is 40.6 Å². The molecule has 0 aliphatic rings. The summed E-state index contributed by atoms with van der Waals surface area (Å²) in [6, 6.07) is 0. The summed E-state index contributed by atoms with van der Waals surface area (Å²) < 4.78 is 0. The average Bonchev–Trinajstić information content (AvgIpc) is 2.54. The first kappa shape index (κ1) is 13.1. The quantitative estimate of drug-likeness (QED) is 0.844. The molecule has 5 heteroatoms. The molecule has 0 saturated carbocycles. The minimum Gasteiger partial charge on any atom is -0.388 e. The van der Waals surface area contributed by atoms with Gasteiger partial charge < -0.3 is 10.4 Å². The highest BCUT2D eigenvalue weighted by Crippen LogP contribution is 2.17. The number of thiazole rings is 1. The van der Waals surface area contributed by atoms with Crippen molar-refractivity contribution >= 4 is 17.2 Å². The Balaban J connectivity index is 2.63. The molecule has 0 fully saturated rings. The van der Waals surface area contributed by atoms with Crippen molar-refractivity contribution in [3.8, 4) is 0 Å². The van der Waals surface area contributed by atoms with E-state index in [1.165, 1.54) is 11.3 Å². The fraction of sp³-hybridized carbons (Fsp3) is 0.636. The molecular weight excluding hydrogens is 224 g/mol. The summed E-state index contributed by atoms with van der Waals surface area (Å²) in [4.78, 5) is 16.6. The Morgan fingerprint density at radius 3 is 2.62 bits per heavy atom. The third-order valence-corrected chi connectivity index (χ3v) is 3.57. The largest absolute Gasteiger partial charge is 0.388 e. The molecule has 0 bridgehead atoms. The molecule has 0 aliphatic carbocycles. The second-order valence-corrected chi connectivity index (χ2v) is 5.38. The Labute approximate surface area is 99.7 Å². The lowest BCUT2D eigenvalue weighted by atomic mass is 10.0. The van der Waals surface area contributed by atoms with Crippen LogP contribution < -0.4 is 5.32 Å². The molecular formula is C11H18N2O2S. The van der Waals surface area contributed by atoms with Crippen LogP contribution in [0.3, 0.4) is 0 Å². The number of hydrogen-bond donors (Lipinski definition) is 2. The van der Waals surface area contributed by atoms with Gasteiger partial charge in [0, 0.05) is 6.54 Å². The molecule has 1 aromatic rings. The Morgan fingerprint density at radius 2 is 2.19 bits per heavy atom. The van der Waals surface area contributed by atoms with Crippen molar-refractivity contribution < 1.29 is 9.90 Å². The van der Waals surface area contributed by atoms with Crippen molar-refractivity contribution in [3.05, 3.63) is 15.6 Å². The molecule has 90 valence electrons. The van der Waals surface area contributed by atoms with Crippen molar-refractivity contribution in [2.24, 2.45) is 0 Å². The van der Waals surface area contributed by atoms with Gasteiger partial charge in [0.2, 0.25) is 0 Å². The molecule has 1 atom stereocenters. The number of nitrogens with zero attached hydrogens (tertiary/aromatic N) is 1. The van der Waals surface area contributed by atoms with E-state index in [1.54, 1.807) is 6.92 Å². The fourth-order valence-corrected chi connectivity index (χ4v) is 2.05. The summed E-state index contributed by atoms with van der Waals surface area (Å²) in [6.45, 7) is 7.54. The van der Waals surface area contributed by atoms with Crippen LogP contribution in [0.2, 0.25) is 0 Å². The van der Waals surface area contributed by atoms with E-state index in [1.807, 2.05) is 20.8 Å². The van der Waals surface area contributed by atoms with Crippen LogP contribution >= 0.6 is 11.3 Å². The van der Waals surface area contributed by atoms with Gasteiger partial charge in [0.05, 0.1) is 16.3 Å². The highest BCUT2D eigenvalue weighted by molar-refractivity contribution is 7.13. The van der Waals surface area contributed by atoms with Crippen LogP contribution in [0.15, 0.2) is 0 Å². The van der Waals surface area contributed by atoms with E-state index < -0.39 is 5.60 Å². The molecule has 16 heavy (non-hydrogen) atoms. The van der Waals surface area contributed by atoms with Gasteiger partial charge in [-0.05, 0) is 27.2 Å². The highest BCUT2D eigenvalue weighted by Gasteiger charge is 2.20. The summed E-state index contributed by atoms with van der Waals surface area (Å²) in [7, 11) is 0. The maximum atomic E-state index is 11.8. The molecule has 0 saturated heterocycles. The van der Waals surface area contributed by atoms with Gasteiger partial charge in [-0.15, -0.1) is 11.3 Å². The van der Waals surface area contributed by atoms with Crippen molar-refractivity contribution in [3.63, 3.8) is 0 Å². The fourth-order valence-electron chi connectivity index (χ4n) is 1.22. The number of aromatic nitrogens is 1. The van der Waals surface area contributed by atoms with Gasteiger partial charge in [0.15, 0.2) is 0 Å². The van der Waals surface area contributed by atoms with Gasteiger partial charge in [-0.2, -0.15) is 0 Å². The Morgan fingerprint density at radius 1 is 1.56 bits per heavy atom. The van der Waals surface area contributed by atoms with Crippen LogP contribution in [0, 0.1) is 13.8 Å². The van der Waals surface area contributed by atoms with Crippen LogP contribution in [0.25, 0.3) is 0 Å². The first-order valence-electron chi connectivity index (χ1n) is 5.30. The highest BCUT2D eigenvalue weighted by atomic mass is 32.1. The van der Waals surface area contributed by atoms with Gasteiger partial charge in [0.1, 0.15) is 4.88 Å². The topological polar surface area (TPSA) is 62.2 Å². The van der Waals surface area contributed by atoms with E-state index >= 15 is 0 Å². The summed E-state index contributed by atoms with van der Waals surface area (Å²) in [5.74, 6) is -0.156. The molecule has 1 amide bonds. The van der Waals surface area contributed by atoms with Crippen LogP contribution in [-0.4, -0.2) is 28.1 Å². The number of aliphatic hydroxyl groups is 1. The first-order chi connectivity index (χ1) is 7.35. The smallest absolute Gasteiger partial charge is 0.263 e. The number of aryl methyl sites for hydroxylation is 2. The Hall–Kier alpha value is -0.940. The van der Waals surface area contributed by atoms with Crippen LogP contribution in [-0.2, 0) is 0 Å². The van der Waals surface area contributed by atoms with E-state index in [4.69, 9.17) is 0 Å². The minimum atomic E-state index is -0.844. The van der Waals surface area contributed by atoms with Gasteiger partial charge >= 0.3 is 0 Å². The molecule has 4 nitrogen and oxygen atoms in total. The summed E-state index contributed by atoms with van der Waals surface area (Å²) in [5.41, 5.74) is -0.0975. The number of nitrogens with one attached hydrogen (secondary N) is 1. The third-order valence-electron chi connectivity index (χ3n) is 2.50. The third kappa shape index (κ3) is 3.28. The monoisotopic (exact) mass is 242 g/mol. The standard InChI is InChI=1S/C11H18N2O2S/c1-5-11(4,15)6-12-10(14)9-7(2)13-8(3)16-9/h15H,5-6H2,1-4H3,(H,12,14). The van der Waals surface area contributed by atoms with Gasteiger partial charge in [0.25, 0.3) is 5.91 Å². The van der Waals surface area contributed by atoms with Crippen molar-refractivity contribution in [1.29, 1.82) is 0 Å². The summed E-state index contributed by atoms with van der Waals surface area (Å²) >= 11 is 1.38. The lowest BCUT2D eigenvalue weighted by Gasteiger charge is -2.21. The Kier molecular flexibility index (Phi) is 4.04. The second kappa shape index (κ2) is 4.93. The molecule has 1 heterocycles. The maximum absolute atomic E-state index is 11.8. The average molecular weight is 242 g/mol. The van der Waals surface area contributed by atoms with Crippen molar-refractivity contribution in [2.75, 3.05) is 6.54 Å².